The van der Waals surface area contributed by atoms with Crippen LogP contribution in [-0.4, -0.2) is 23.3 Å². The smallest absolute Gasteiger partial charge is 0.309 e. The van der Waals surface area contributed by atoms with Crippen LogP contribution < -0.4 is 0 Å². The van der Waals surface area contributed by atoms with Crippen LogP contribution in [0.5, 0.6) is 0 Å². The fourth-order valence-corrected chi connectivity index (χ4v) is 1.31. The maximum atomic E-state index is 10.5. The monoisotopic (exact) mass is 144 g/mol. The van der Waals surface area contributed by atoms with E-state index in [-0.39, 0.29) is 5.92 Å². The number of aliphatic carboxylic acids is 1. The molecule has 0 bridgehead atoms. The largest absolute Gasteiger partial charge is 0.481 e. The van der Waals surface area contributed by atoms with E-state index in [1.807, 2.05) is 13.8 Å². The maximum Gasteiger partial charge on any atom is 0.309 e. The van der Waals surface area contributed by atoms with Gasteiger partial charge >= 0.3 is 5.97 Å². The summed E-state index contributed by atoms with van der Waals surface area (Å²) < 4.78 is 5.23. The van der Waals surface area contributed by atoms with Crippen LogP contribution in [0, 0.1) is 5.92 Å². The van der Waals surface area contributed by atoms with Gasteiger partial charge in [-0.2, -0.15) is 0 Å². The van der Waals surface area contributed by atoms with Crippen molar-refractivity contribution in [2.45, 2.75) is 25.9 Å². The van der Waals surface area contributed by atoms with Gasteiger partial charge in [-0.3, -0.25) is 4.79 Å². The van der Waals surface area contributed by atoms with E-state index in [4.69, 9.17) is 9.84 Å². The molecule has 0 aromatic heterocycles. The molecule has 0 radical (unpaired) electrons. The molecule has 1 atom stereocenters. The first-order valence-electron chi connectivity index (χ1n) is 3.41. The number of rotatable bonds is 1. The van der Waals surface area contributed by atoms with Gasteiger partial charge in [-0.25, -0.2) is 0 Å². The Morgan fingerprint density at radius 2 is 2.30 bits per heavy atom. The van der Waals surface area contributed by atoms with E-state index >= 15 is 0 Å². The third kappa shape index (κ3) is 1.14. The normalized spacial score (nSPS) is 30.4. The van der Waals surface area contributed by atoms with Crippen LogP contribution in [-0.2, 0) is 9.53 Å². The first-order chi connectivity index (χ1) is 4.54. The van der Waals surface area contributed by atoms with Gasteiger partial charge in [-0.15, -0.1) is 0 Å². The zero-order valence-electron chi connectivity index (χ0n) is 6.26. The lowest BCUT2D eigenvalue weighted by molar-refractivity contribution is -0.146. The summed E-state index contributed by atoms with van der Waals surface area (Å²) >= 11 is 0. The van der Waals surface area contributed by atoms with E-state index < -0.39 is 11.6 Å². The number of carboxylic acid groups (broad SMARTS) is 1. The molecule has 0 aliphatic carbocycles. The number of ether oxygens (including phenoxy) is 1. The van der Waals surface area contributed by atoms with E-state index in [0.717, 1.165) is 0 Å². The van der Waals surface area contributed by atoms with Crippen LogP contribution in [0.2, 0.25) is 0 Å². The highest BCUT2D eigenvalue weighted by molar-refractivity contribution is 5.71. The predicted octanol–water partition coefficient (Wildman–Crippen LogP) is 0.886. The molecule has 0 saturated carbocycles. The summed E-state index contributed by atoms with van der Waals surface area (Å²) in [5, 5.41) is 8.67. The Kier molecular flexibility index (Phi) is 1.68. The highest BCUT2D eigenvalue weighted by Gasteiger charge is 2.40. The SMILES string of the molecule is CC1(C)OCC[C@@H]1C(=O)O. The standard InChI is InChI=1S/C7H12O3/c1-7(2)5(6(8)9)3-4-10-7/h5H,3-4H2,1-2H3,(H,8,9)/t5-/m1/s1. The minimum Gasteiger partial charge on any atom is -0.481 e. The molecule has 0 aromatic rings. The summed E-state index contributed by atoms with van der Waals surface area (Å²) in [6.45, 7) is 4.21. The van der Waals surface area contributed by atoms with Crippen molar-refractivity contribution in [2.75, 3.05) is 6.61 Å². The topological polar surface area (TPSA) is 46.5 Å². The molecule has 1 heterocycles. The molecule has 1 fully saturated rings. The molecule has 58 valence electrons. The van der Waals surface area contributed by atoms with Gasteiger partial charge in [0.25, 0.3) is 0 Å². The van der Waals surface area contributed by atoms with Crippen molar-refractivity contribution in [3.8, 4) is 0 Å². The van der Waals surface area contributed by atoms with Crippen molar-refractivity contribution < 1.29 is 14.6 Å². The minimum atomic E-state index is -0.748. The summed E-state index contributed by atoms with van der Waals surface area (Å²) in [5.74, 6) is -1.07. The average Bonchev–Trinajstić information content (AvgIpc) is 2.08. The van der Waals surface area contributed by atoms with Gasteiger partial charge in [0, 0.05) is 6.61 Å². The summed E-state index contributed by atoms with van der Waals surface area (Å²) in [4.78, 5) is 10.5. The van der Waals surface area contributed by atoms with Crippen molar-refractivity contribution in [2.24, 2.45) is 5.92 Å². The van der Waals surface area contributed by atoms with Crippen molar-refractivity contribution >= 4 is 5.97 Å². The number of carbonyl (C=O) groups is 1. The Balaban J connectivity index is 2.68. The van der Waals surface area contributed by atoms with Crippen LogP contribution in [0.3, 0.4) is 0 Å². The van der Waals surface area contributed by atoms with Gasteiger partial charge in [-0.1, -0.05) is 0 Å². The molecule has 0 amide bonds. The van der Waals surface area contributed by atoms with Gasteiger partial charge in [0.1, 0.15) is 0 Å². The fraction of sp³-hybridized carbons (Fsp3) is 0.857. The summed E-state index contributed by atoms with van der Waals surface area (Å²) in [5.41, 5.74) is -0.466. The van der Waals surface area contributed by atoms with Crippen LogP contribution in [0.15, 0.2) is 0 Å². The number of carboxylic acids is 1. The average molecular weight is 144 g/mol. The van der Waals surface area contributed by atoms with Crippen LogP contribution >= 0.6 is 0 Å². The molecule has 1 N–H and O–H groups in total. The van der Waals surface area contributed by atoms with E-state index in [1.54, 1.807) is 0 Å². The van der Waals surface area contributed by atoms with Crippen molar-refractivity contribution in [1.29, 1.82) is 0 Å². The summed E-state index contributed by atoms with van der Waals surface area (Å²) in [6.07, 6.45) is 0.641. The maximum absolute atomic E-state index is 10.5. The number of hydrogen-bond acceptors (Lipinski definition) is 2. The van der Waals surface area contributed by atoms with E-state index in [9.17, 15) is 4.79 Å². The molecule has 10 heavy (non-hydrogen) atoms. The van der Waals surface area contributed by atoms with E-state index in [0.29, 0.717) is 13.0 Å². The summed E-state index contributed by atoms with van der Waals surface area (Å²) in [6, 6.07) is 0. The third-order valence-electron chi connectivity index (χ3n) is 2.02. The molecule has 0 unspecified atom stereocenters. The molecule has 3 heteroatoms. The van der Waals surface area contributed by atoms with Crippen molar-refractivity contribution in [3.05, 3.63) is 0 Å². The van der Waals surface area contributed by atoms with E-state index in [1.165, 1.54) is 0 Å². The van der Waals surface area contributed by atoms with Gasteiger partial charge in [0.05, 0.1) is 11.5 Å². The quantitative estimate of drug-likeness (QED) is 0.594. The fourth-order valence-electron chi connectivity index (χ4n) is 1.31. The van der Waals surface area contributed by atoms with Crippen LogP contribution in [0.25, 0.3) is 0 Å². The molecule has 1 aliphatic heterocycles. The Morgan fingerprint density at radius 3 is 2.50 bits per heavy atom. The Labute approximate surface area is 60.0 Å². The van der Waals surface area contributed by atoms with Gasteiger partial charge in [0.2, 0.25) is 0 Å². The zero-order valence-corrected chi connectivity index (χ0v) is 6.26. The molecule has 0 spiro atoms. The van der Waals surface area contributed by atoms with Gasteiger partial charge < -0.3 is 9.84 Å². The Hall–Kier alpha value is -0.570. The van der Waals surface area contributed by atoms with Crippen molar-refractivity contribution in [1.82, 2.24) is 0 Å². The predicted molar refractivity (Wildman–Crippen MR) is 35.8 cm³/mol. The molecule has 3 nitrogen and oxygen atoms in total. The molecule has 1 rings (SSSR count). The number of hydrogen-bond donors (Lipinski definition) is 1. The molecule has 1 aliphatic rings. The minimum absolute atomic E-state index is 0.326. The van der Waals surface area contributed by atoms with Crippen molar-refractivity contribution in [3.63, 3.8) is 0 Å². The third-order valence-corrected chi connectivity index (χ3v) is 2.02. The molecular weight excluding hydrogens is 132 g/mol. The van der Waals surface area contributed by atoms with Gasteiger partial charge in [0.15, 0.2) is 0 Å². The lowest BCUT2D eigenvalue weighted by Gasteiger charge is -2.21. The lowest BCUT2D eigenvalue weighted by Crippen LogP contribution is -2.32. The highest BCUT2D eigenvalue weighted by atomic mass is 16.5. The Morgan fingerprint density at radius 1 is 1.70 bits per heavy atom. The second kappa shape index (κ2) is 2.23. The molecule has 1 saturated heterocycles. The molecule has 0 aromatic carbocycles. The summed E-state index contributed by atoms with van der Waals surface area (Å²) in [7, 11) is 0. The molecular formula is C7H12O3. The zero-order chi connectivity index (χ0) is 7.78. The first kappa shape index (κ1) is 7.54. The van der Waals surface area contributed by atoms with Crippen LogP contribution in [0.1, 0.15) is 20.3 Å². The highest BCUT2D eigenvalue weighted by Crippen LogP contribution is 2.31. The van der Waals surface area contributed by atoms with E-state index in [2.05, 4.69) is 0 Å². The second-order valence-electron chi connectivity index (χ2n) is 3.13. The van der Waals surface area contributed by atoms with Gasteiger partial charge in [-0.05, 0) is 20.3 Å². The Bertz CT molecular complexity index is 151. The lowest BCUT2D eigenvalue weighted by atomic mass is 9.91. The van der Waals surface area contributed by atoms with Crippen LogP contribution in [0.4, 0.5) is 0 Å². The first-order valence-corrected chi connectivity index (χ1v) is 3.41. The second-order valence-corrected chi connectivity index (χ2v) is 3.13.